The third-order valence-electron chi connectivity index (χ3n) is 2.48. The normalized spacial score (nSPS) is 14.2. The Morgan fingerprint density at radius 3 is 3.06 bits per heavy atom. The van der Waals surface area contributed by atoms with E-state index in [1.807, 2.05) is 24.3 Å². The SMILES string of the molecule is NCC#Cc1cccc(CN2CCOC2=O)c1. The van der Waals surface area contributed by atoms with Gasteiger partial charge in [0, 0.05) is 12.1 Å². The highest BCUT2D eigenvalue weighted by atomic mass is 16.6. The summed E-state index contributed by atoms with van der Waals surface area (Å²) in [6.07, 6.45) is -0.247. The average molecular weight is 230 g/mol. The van der Waals surface area contributed by atoms with Crippen LogP contribution in [0.5, 0.6) is 0 Å². The highest BCUT2D eigenvalue weighted by molar-refractivity contribution is 5.69. The van der Waals surface area contributed by atoms with E-state index in [2.05, 4.69) is 11.8 Å². The van der Waals surface area contributed by atoms with E-state index >= 15 is 0 Å². The standard InChI is InChI=1S/C13H14N2O2/c14-6-2-5-11-3-1-4-12(9-11)10-15-7-8-17-13(15)16/h1,3-4,9H,6-8,10,14H2. The Bertz CT molecular complexity index is 474. The van der Waals surface area contributed by atoms with Gasteiger partial charge in [0.1, 0.15) is 6.61 Å². The summed E-state index contributed by atoms with van der Waals surface area (Å²) in [7, 11) is 0. The van der Waals surface area contributed by atoms with Crippen molar-refractivity contribution < 1.29 is 9.53 Å². The molecule has 4 nitrogen and oxygen atoms in total. The molecule has 2 N–H and O–H groups in total. The molecule has 0 atom stereocenters. The van der Waals surface area contributed by atoms with Crippen LogP contribution in [-0.4, -0.2) is 30.7 Å². The maximum Gasteiger partial charge on any atom is 0.410 e. The van der Waals surface area contributed by atoms with E-state index in [0.29, 0.717) is 26.2 Å². The minimum absolute atomic E-state index is 0.247. The Morgan fingerprint density at radius 1 is 1.47 bits per heavy atom. The number of carbonyl (C=O) groups excluding carboxylic acids is 1. The third-order valence-corrected chi connectivity index (χ3v) is 2.48. The van der Waals surface area contributed by atoms with Crippen molar-refractivity contribution in [3.05, 3.63) is 35.4 Å². The van der Waals surface area contributed by atoms with E-state index in [-0.39, 0.29) is 6.09 Å². The minimum Gasteiger partial charge on any atom is -0.448 e. The van der Waals surface area contributed by atoms with Crippen LogP contribution >= 0.6 is 0 Å². The second kappa shape index (κ2) is 5.37. The highest BCUT2D eigenvalue weighted by Gasteiger charge is 2.21. The van der Waals surface area contributed by atoms with Gasteiger partial charge < -0.3 is 15.4 Å². The molecular weight excluding hydrogens is 216 g/mol. The van der Waals surface area contributed by atoms with Gasteiger partial charge in [-0.25, -0.2) is 4.79 Å². The molecule has 2 rings (SSSR count). The monoisotopic (exact) mass is 230 g/mol. The van der Waals surface area contributed by atoms with E-state index in [1.54, 1.807) is 4.90 Å². The topological polar surface area (TPSA) is 55.6 Å². The van der Waals surface area contributed by atoms with Crippen molar-refractivity contribution in [2.75, 3.05) is 19.7 Å². The quantitative estimate of drug-likeness (QED) is 0.769. The maximum atomic E-state index is 11.3. The first-order valence-electron chi connectivity index (χ1n) is 5.49. The molecule has 1 heterocycles. The number of ether oxygens (including phenoxy) is 1. The van der Waals surface area contributed by atoms with Gasteiger partial charge in [-0.1, -0.05) is 24.0 Å². The number of nitrogens with zero attached hydrogens (tertiary/aromatic N) is 1. The Balaban J connectivity index is 2.08. The summed E-state index contributed by atoms with van der Waals surface area (Å²) < 4.78 is 4.88. The van der Waals surface area contributed by atoms with Crippen molar-refractivity contribution in [2.45, 2.75) is 6.54 Å². The van der Waals surface area contributed by atoms with Crippen LogP contribution in [0.3, 0.4) is 0 Å². The van der Waals surface area contributed by atoms with Gasteiger partial charge in [-0.05, 0) is 17.7 Å². The van der Waals surface area contributed by atoms with Crippen LogP contribution in [0, 0.1) is 11.8 Å². The Labute approximate surface area is 100 Å². The van der Waals surface area contributed by atoms with E-state index in [0.717, 1.165) is 11.1 Å². The molecule has 1 aliphatic heterocycles. The van der Waals surface area contributed by atoms with Crippen LogP contribution in [0.2, 0.25) is 0 Å². The first-order valence-corrected chi connectivity index (χ1v) is 5.49. The van der Waals surface area contributed by atoms with Crippen molar-refractivity contribution >= 4 is 6.09 Å². The van der Waals surface area contributed by atoms with Crippen LogP contribution < -0.4 is 5.73 Å². The lowest BCUT2D eigenvalue weighted by atomic mass is 10.1. The van der Waals surface area contributed by atoms with Gasteiger partial charge in [-0.15, -0.1) is 0 Å². The molecule has 1 aromatic carbocycles. The molecule has 1 amide bonds. The Kier molecular flexibility index (Phi) is 3.63. The summed E-state index contributed by atoms with van der Waals surface area (Å²) in [6, 6.07) is 7.79. The van der Waals surface area contributed by atoms with Gasteiger partial charge in [0.05, 0.1) is 13.1 Å². The van der Waals surface area contributed by atoms with E-state index in [9.17, 15) is 4.79 Å². The number of carbonyl (C=O) groups is 1. The lowest BCUT2D eigenvalue weighted by molar-refractivity contribution is 0.157. The fourth-order valence-corrected chi connectivity index (χ4v) is 1.69. The molecule has 0 aromatic heterocycles. The predicted molar refractivity (Wildman–Crippen MR) is 64.1 cm³/mol. The number of rotatable bonds is 2. The van der Waals surface area contributed by atoms with Crippen molar-refractivity contribution in [1.82, 2.24) is 4.90 Å². The molecule has 1 saturated heterocycles. The zero-order valence-electron chi connectivity index (χ0n) is 9.48. The summed E-state index contributed by atoms with van der Waals surface area (Å²) in [5.74, 6) is 5.78. The molecule has 17 heavy (non-hydrogen) atoms. The molecule has 0 radical (unpaired) electrons. The van der Waals surface area contributed by atoms with Gasteiger partial charge in [0.15, 0.2) is 0 Å². The molecule has 1 aromatic rings. The number of amides is 1. The molecule has 0 saturated carbocycles. The van der Waals surface area contributed by atoms with Crippen LogP contribution in [0.1, 0.15) is 11.1 Å². The van der Waals surface area contributed by atoms with Crippen LogP contribution in [0.4, 0.5) is 4.79 Å². The summed E-state index contributed by atoms with van der Waals surface area (Å²) in [6.45, 7) is 2.04. The fraction of sp³-hybridized carbons (Fsp3) is 0.308. The first-order chi connectivity index (χ1) is 8.29. The average Bonchev–Trinajstić information content (AvgIpc) is 2.73. The molecule has 88 valence electrons. The molecule has 0 aliphatic carbocycles. The third kappa shape index (κ3) is 2.99. The zero-order valence-corrected chi connectivity index (χ0v) is 9.48. The lowest BCUT2D eigenvalue weighted by Crippen LogP contribution is -2.23. The van der Waals surface area contributed by atoms with Crippen LogP contribution in [0.15, 0.2) is 24.3 Å². The van der Waals surface area contributed by atoms with Crippen LogP contribution in [0.25, 0.3) is 0 Å². The molecule has 0 unspecified atom stereocenters. The number of hydrogen-bond donors (Lipinski definition) is 1. The number of cyclic esters (lactones) is 1. The summed E-state index contributed by atoms with van der Waals surface area (Å²) in [5.41, 5.74) is 7.29. The second-order valence-electron chi connectivity index (χ2n) is 3.74. The molecule has 0 bridgehead atoms. The van der Waals surface area contributed by atoms with E-state index in [4.69, 9.17) is 10.5 Å². The molecule has 0 spiro atoms. The highest BCUT2D eigenvalue weighted by Crippen LogP contribution is 2.11. The summed E-state index contributed by atoms with van der Waals surface area (Å²) in [5, 5.41) is 0. The van der Waals surface area contributed by atoms with E-state index in [1.165, 1.54) is 0 Å². The summed E-state index contributed by atoms with van der Waals surface area (Å²) in [4.78, 5) is 13.0. The largest absolute Gasteiger partial charge is 0.448 e. The van der Waals surface area contributed by atoms with Crippen LogP contribution in [-0.2, 0) is 11.3 Å². The second-order valence-corrected chi connectivity index (χ2v) is 3.74. The minimum atomic E-state index is -0.247. The van der Waals surface area contributed by atoms with Gasteiger partial charge in [0.25, 0.3) is 0 Å². The first kappa shape index (κ1) is 11.5. The summed E-state index contributed by atoms with van der Waals surface area (Å²) >= 11 is 0. The number of benzene rings is 1. The molecular formula is C13H14N2O2. The Morgan fingerprint density at radius 2 is 2.35 bits per heavy atom. The van der Waals surface area contributed by atoms with Gasteiger partial charge in [-0.2, -0.15) is 0 Å². The predicted octanol–water partition coefficient (Wildman–Crippen LogP) is 0.949. The van der Waals surface area contributed by atoms with Gasteiger partial charge in [-0.3, -0.25) is 0 Å². The smallest absolute Gasteiger partial charge is 0.410 e. The van der Waals surface area contributed by atoms with Gasteiger partial charge in [0.2, 0.25) is 0 Å². The van der Waals surface area contributed by atoms with Crippen molar-refractivity contribution in [1.29, 1.82) is 0 Å². The molecule has 4 heteroatoms. The van der Waals surface area contributed by atoms with Crippen molar-refractivity contribution in [3.8, 4) is 11.8 Å². The molecule has 1 aliphatic rings. The maximum absolute atomic E-state index is 11.3. The lowest BCUT2D eigenvalue weighted by Gasteiger charge is -2.12. The van der Waals surface area contributed by atoms with Crippen molar-refractivity contribution in [2.24, 2.45) is 5.73 Å². The molecule has 1 fully saturated rings. The number of hydrogen-bond acceptors (Lipinski definition) is 3. The number of nitrogens with two attached hydrogens (primary N) is 1. The van der Waals surface area contributed by atoms with Crippen molar-refractivity contribution in [3.63, 3.8) is 0 Å². The Hall–Kier alpha value is -1.99. The zero-order chi connectivity index (χ0) is 12.1. The van der Waals surface area contributed by atoms with Gasteiger partial charge >= 0.3 is 6.09 Å². The fourth-order valence-electron chi connectivity index (χ4n) is 1.69. The van der Waals surface area contributed by atoms with E-state index < -0.39 is 0 Å².